The van der Waals surface area contributed by atoms with Gasteiger partial charge in [-0.1, -0.05) is 18.2 Å². The van der Waals surface area contributed by atoms with Crippen molar-refractivity contribution < 1.29 is 23.5 Å². The van der Waals surface area contributed by atoms with Gasteiger partial charge in [-0.15, -0.1) is 0 Å². The fraction of sp³-hybridized carbons (Fsp3) is 0.387. The summed E-state index contributed by atoms with van der Waals surface area (Å²) in [5.74, 6) is 0.115. The maximum absolute atomic E-state index is 14.0. The van der Waals surface area contributed by atoms with Crippen molar-refractivity contribution >= 4 is 11.9 Å². The van der Waals surface area contributed by atoms with Crippen molar-refractivity contribution in [1.82, 2.24) is 15.2 Å². The van der Waals surface area contributed by atoms with E-state index in [1.807, 2.05) is 31.1 Å². The number of carbonyl (C=O) groups is 2. The smallest absolute Gasteiger partial charge is 0.306 e. The maximum atomic E-state index is 14.0. The van der Waals surface area contributed by atoms with E-state index < -0.39 is 0 Å². The number of esters is 1. The van der Waals surface area contributed by atoms with E-state index in [1.54, 1.807) is 43.5 Å². The van der Waals surface area contributed by atoms with Gasteiger partial charge in [0.25, 0.3) is 5.91 Å². The van der Waals surface area contributed by atoms with Crippen LogP contribution in [0.4, 0.5) is 4.39 Å². The van der Waals surface area contributed by atoms with Crippen LogP contribution in [0, 0.1) is 18.7 Å². The number of halogens is 1. The van der Waals surface area contributed by atoms with E-state index in [2.05, 4.69) is 10.3 Å². The highest BCUT2D eigenvalue weighted by Crippen LogP contribution is 2.32. The average molecular weight is 534 g/mol. The lowest BCUT2D eigenvalue weighted by atomic mass is 10.0. The zero-order valence-electron chi connectivity index (χ0n) is 22.8. The molecule has 8 heteroatoms. The van der Waals surface area contributed by atoms with Gasteiger partial charge in [-0.25, -0.2) is 4.39 Å². The molecule has 2 aromatic carbocycles. The molecule has 3 aromatic rings. The second kappa shape index (κ2) is 13.3. The number of amides is 1. The number of ether oxygens (including phenoxy) is 2. The lowest BCUT2D eigenvalue weighted by Gasteiger charge is -2.15. The molecule has 1 heterocycles. The number of nitrogens with one attached hydrogen (secondary N) is 1. The molecule has 0 saturated heterocycles. The first-order chi connectivity index (χ1) is 18.8. The third kappa shape index (κ3) is 8.35. The Morgan fingerprint density at radius 1 is 1.13 bits per heavy atom. The lowest BCUT2D eigenvalue weighted by molar-refractivity contribution is -0.145. The molecule has 1 fully saturated rings. The molecule has 0 atom stereocenters. The van der Waals surface area contributed by atoms with Gasteiger partial charge in [0.2, 0.25) is 0 Å². The zero-order valence-corrected chi connectivity index (χ0v) is 22.8. The van der Waals surface area contributed by atoms with Crippen LogP contribution in [-0.4, -0.2) is 49.0 Å². The van der Waals surface area contributed by atoms with Crippen molar-refractivity contribution in [2.24, 2.45) is 5.92 Å². The topological polar surface area (TPSA) is 80.8 Å². The SMILES string of the molecule is Cc1ccc(CNC(=O)c2cc(-c3ncccc3COC(=O)CCCN(C)C)ccc2OCC2CC2)cc1F. The third-order valence-electron chi connectivity index (χ3n) is 6.62. The Labute approximate surface area is 229 Å². The second-order valence-electron chi connectivity index (χ2n) is 10.3. The highest BCUT2D eigenvalue weighted by Gasteiger charge is 2.24. The molecular weight excluding hydrogens is 497 g/mol. The van der Waals surface area contributed by atoms with Gasteiger partial charge in [0.05, 0.1) is 17.9 Å². The zero-order chi connectivity index (χ0) is 27.8. The summed E-state index contributed by atoms with van der Waals surface area (Å²) in [7, 11) is 3.93. The minimum Gasteiger partial charge on any atom is -0.492 e. The van der Waals surface area contributed by atoms with Gasteiger partial charge >= 0.3 is 5.97 Å². The summed E-state index contributed by atoms with van der Waals surface area (Å²) in [6.07, 6.45) is 4.99. The minimum atomic E-state index is -0.326. The molecule has 1 saturated carbocycles. The molecule has 0 radical (unpaired) electrons. The van der Waals surface area contributed by atoms with Gasteiger partial charge in [-0.3, -0.25) is 14.6 Å². The molecule has 0 unspecified atom stereocenters. The normalized spacial score (nSPS) is 12.8. The average Bonchev–Trinajstić information content (AvgIpc) is 3.76. The lowest BCUT2D eigenvalue weighted by Crippen LogP contribution is -2.24. The molecular formula is C31H36FN3O4. The number of hydrogen-bond donors (Lipinski definition) is 1. The Morgan fingerprint density at radius 3 is 2.69 bits per heavy atom. The Bertz CT molecular complexity index is 1310. The first kappa shape index (κ1) is 28.2. The molecule has 206 valence electrons. The highest BCUT2D eigenvalue weighted by atomic mass is 19.1. The summed E-state index contributed by atoms with van der Waals surface area (Å²) in [5.41, 5.74) is 3.67. The van der Waals surface area contributed by atoms with E-state index in [9.17, 15) is 14.0 Å². The Morgan fingerprint density at radius 2 is 1.95 bits per heavy atom. The molecule has 0 spiro atoms. The van der Waals surface area contributed by atoms with Gasteiger partial charge in [0.15, 0.2) is 0 Å². The Hall–Kier alpha value is -3.78. The summed E-state index contributed by atoms with van der Waals surface area (Å²) < 4.78 is 25.5. The summed E-state index contributed by atoms with van der Waals surface area (Å²) in [6.45, 7) is 3.34. The Kier molecular flexibility index (Phi) is 9.65. The molecule has 0 aliphatic heterocycles. The van der Waals surface area contributed by atoms with Crippen molar-refractivity contribution in [3.05, 3.63) is 82.8 Å². The minimum absolute atomic E-state index is 0.0877. The number of aryl methyl sites for hydroxylation is 1. The van der Waals surface area contributed by atoms with E-state index in [4.69, 9.17) is 9.47 Å². The van der Waals surface area contributed by atoms with Crippen LogP contribution >= 0.6 is 0 Å². The highest BCUT2D eigenvalue weighted by molar-refractivity contribution is 5.98. The first-order valence-corrected chi connectivity index (χ1v) is 13.3. The molecule has 1 aliphatic rings. The van der Waals surface area contributed by atoms with Crippen LogP contribution in [0.5, 0.6) is 5.75 Å². The van der Waals surface area contributed by atoms with Crippen molar-refractivity contribution in [2.75, 3.05) is 27.2 Å². The number of benzene rings is 2. The van der Waals surface area contributed by atoms with E-state index in [0.29, 0.717) is 52.6 Å². The molecule has 0 bridgehead atoms. The standard InChI is InChI=1S/C31H36FN3O4/c1-21-8-9-23(16-27(21)32)18-34-31(37)26-17-24(12-13-28(26)38-19-22-10-11-22)30-25(6-4-14-33-30)20-39-29(36)7-5-15-35(2)3/h4,6,8-9,12-14,16-17,22H,5,7,10-11,15,18-20H2,1-3H3,(H,34,37). The molecule has 1 aromatic heterocycles. The third-order valence-corrected chi connectivity index (χ3v) is 6.62. The van der Waals surface area contributed by atoms with Crippen LogP contribution in [-0.2, 0) is 22.7 Å². The second-order valence-corrected chi connectivity index (χ2v) is 10.3. The summed E-state index contributed by atoms with van der Waals surface area (Å²) in [6, 6.07) is 14.0. The number of pyridine rings is 1. The summed E-state index contributed by atoms with van der Waals surface area (Å²) >= 11 is 0. The molecule has 39 heavy (non-hydrogen) atoms. The quantitative estimate of drug-likeness (QED) is 0.301. The molecule has 1 N–H and O–H groups in total. The number of aromatic nitrogens is 1. The summed E-state index contributed by atoms with van der Waals surface area (Å²) in [4.78, 5) is 32.1. The van der Waals surface area contributed by atoms with E-state index in [-0.39, 0.29) is 30.8 Å². The number of nitrogens with zero attached hydrogens (tertiary/aromatic N) is 2. The van der Waals surface area contributed by atoms with E-state index in [0.717, 1.165) is 31.4 Å². The van der Waals surface area contributed by atoms with Crippen molar-refractivity contribution in [3.8, 4) is 17.0 Å². The van der Waals surface area contributed by atoms with Crippen LogP contribution in [0.3, 0.4) is 0 Å². The van der Waals surface area contributed by atoms with Gasteiger partial charge in [0.1, 0.15) is 18.2 Å². The van der Waals surface area contributed by atoms with Crippen molar-refractivity contribution in [2.45, 2.75) is 45.8 Å². The number of rotatable bonds is 13. The van der Waals surface area contributed by atoms with Crippen molar-refractivity contribution in [3.63, 3.8) is 0 Å². The van der Waals surface area contributed by atoms with Crippen LogP contribution in [0.15, 0.2) is 54.7 Å². The first-order valence-electron chi connectivity index (χ1n) is 13.3. The van der Waals surface area contributed by atoms with Crippen LogP contribution in [0.2, 0.25) is 0 Å². The van der Waals surface area contributed by atoms with Gasteiger partial charge in [-0.05, 0) is 94.2 Å². The van der Waals surface area contributed by atoms with E-state index >= 15 is 0 Å². The van der Waals surface area contributed by atoms with E-state index in [1.165, 1.54) is 6.07 Å². The fourth-order valence-electron chi connectivity index (χ4n) is 4.08. The van der Waals surface area contributed by atoms with Crippen LogP contribution in [0.25, 0.3) is 11.3 Å². The maximum Gasteiger partial charge on any atom is 0.306 e. The van der Waals surface area contributed by atoms with Gasteiger partial charge in [0, 0.05) is 30.3 Å². The molecule has 1 aliphatic carbocycles. The fourth-order valence-corrected chi connectivity index (χ4v) is 4.08. The molecule has 1 amide bonds. The predicted octanol–water partition coefficient (Wildman–Crippen LogP) is 5.30. The number of hydrogen-bond acceptors (Lipinski definition) is 6. The molecule has 4 rings (SSSR count). The molecule has 7 nitrogen and oxygen atoms in total. The monoisotopic (exact) mass is 533 g/mol. The number of carbonyl (C=O) groups excluding carboxylic acids is 2. The van der Waals surface area contributed by atoms with Gasteiger partial charge < -0.3 is 19.7 Å². The van der Waals surface area contributed by atoms with Crippen molar-refractivity contribution in [1.29, 1.82) is 0 Å². The Balaban J connectivity index is 1.51. The largest absolute Gasteiger partial charge is 0.492 e. The predicted molar refractivity (Wildman–Crippen MR) is 148 cm³/mol. The van der Waals surface area contributed by atoms with Crippen LogP contribution in [0.1, 0.15) is 52.7 Å². The summed E-state index contributed by atoms with van der Waals surface area (Å²) in [5, 5.41) is 2.89. The van der Waals surface area contributed by atoms with Crippen LogP contribution < -0.4 is 10.1 Å². The van der Waals surface area contributed by atoms with Gasteiger partial charge in [-0.2, -0.15) is 0 Å².